The minimum absolute atomic E-state index is 0.0235. The molecule has 4 heteroatoms. The van der Waals surface area contributed by atoms with Crippen LogP contribution in [0.15, 0.2) is 24.5 Å². The molecule has 2 aromatic heterocycles. The van der Waals surface area contributed by atoms with E-state index in [1.165, 1.54) is 0 Å². The lowest BCUT2D eigenvalue weighted by molar-refractivity contribution is 0.0986. The van der Waals surface area contributed by atoms with Crippen LogP contribution in [-0.4, -0.2) is 22.9 Å². The minimum atomic E-state index is -0.0235. The number of ketones is 1. The Morgan fingerprint density at radius 3 is 2.60 bits per heavy atom. The molecule has 2 heterocycles. The third-order valence-electron chi connectivity index (χ3n) is 3.35. The highest BCUT2D eigenvalue weighted by atomic mass is 16.5. The van der Waals surface area contributed by atoms with Crippen molar-refractivity contribution in [2.45, 2.75) is 27.2 Å². The molecule has 4 nitrogen and oxygen atoms in total. The third kappa shape index (κ3) is 2.69. The van der Waals surface area contributed by atoms with Gasteiger partial charge < -0.3 is 4.74 Å². The maximum Gasteiger partial charge on any atom is 0.187 e. The van der Waals surface area contributed by atoms with E-state index < -0.39 is 0 Å². The normalized spacial score (nSPS) is 10.4. The summed E-state index contributed by atoms with van der Waals surface area (Å²) in [6.07, 6.45) is 3.61. The molecule has 0 unspecified atom stereocenters. The first-order valence-corrected chi connectivity index (χ1v) is 6.48. The van der Waals surface area contributed by atoms with Crippen molar-refractivity contribution in [2.75, 3.05) is 7.11 Å². The summed E-state index contributed by atoms with van der Waals surface area (Å²) in [5, 5.41) is 0. The zero-order valence-electron chi connectivity index (χ0n) is 12.2. The molecule has 0 radical (unpaired) electrons. The van der Waals surface area contributed by atoms with E-state index in [2.05, 4.69) is 9.97 Å². The maximum atomic E-state index is 12.3. The highest BCUT2D eigenvalue weighted by Gasteiger charge is 2.16. The van der Waals surface area contributed by atoms with Crippen molar-refractivity contribution >= 4 is 5.78 Å². The Bertz CT molecular complexity index is 651. The summed E-state index contributed by atoms with van der Waals surface area (Å²) in [4.78, 5) is 20.8. The molecule has 0 spiro atoms. The Labute approximate surface area is 118 Å². The lowest BCUT2D eigenvalue weighted by atomic mass is 10.0. The third-order valence-corrected chi connectivity index (χ3v) is 3.35. The molecule has 0 bridgehead atoms. The Hall–Kier alpha value is -2.23. The molecule has 0 fully saturated rings. The summed E-state index contributed by atoms with van der Waals surface area (Å²) in [6, 6.07) is 3.71. The van der Waals surface area contributed by atoms with Crippen molar-refractivity contribution in [1.82, 2.24) is 9.97 Å². The van der Waals surface area contributed by atoms with Crippen LogP contribution in [0.3, 0.4) is 0 Å². The van der Waals surface area contributed by atoms with Gasteiger partial charge in [-0.3, -0.25) is 14.8 Å². The molecule has 0 saturated carbocycles. The Kier molecular flexibility index (Phi) is 4.13. The molecule has 0 aromatic carbocycles. The van der Waals surface area contributed by atoms with Crippen molar-refractivity contribution < 1.29 is 9.53 Å². The molecule has 0 aliphatic heterocycles. The number of ether oxygens (including phenoxy) is 1. The average Bonchev–Trinajstić information content (AvgIpc) is 2.43. The number of hydrogen-bond acceptors (Lipinski definition) is 4. The molecule has 0 amide bonds. The van der Waals surface area contributed by atoms with Crippen molar-refractivity contribution in [3.05, 3.63) is 52.6 Å². The molecule has 0 aliphatic rings. The zero-order chi connectivity index (χ0) is 14.7. The number of aryl methyl sites for hydroxylation is 2. The van der Waals surface area contributed by atoms with E-state index in [-0.39, 0.29) is 12.2 Å². The number of methoxy groups -OCH3 is 1. The topological polar surface area (TPSA) is 52.1 Å². The number of aromatic nitrogens is 2. The van der Waals surface area contributed by atoms with Crippen molar-refractivity contribution in [2.24, 2.45) is 0 Å². The number of Topliss-reactive ketones (excluding diaryl/α,β-unsaturated/α-hetero) is 1. The van der Waals surface area contributed by atoms with Crippen LogP contribution in [0.5, 0.6) is 5.75 Å². The highest BCUT2D eigenvalue weighted by Crippen LogP contribution is 2.24. The van der Waals surface area contributed by atoms with Gasteiger partial charge in [-0.1, -0.05) is 6.07 Å². The van der Waals surface area contributed by atoms with Crippen LogP contribution >= 0.6 is 0 Å². The monoisotopic (exact) mass is 270 g/mol. The van der Waals surface area contributed by atoms with E-state index in [9.17, 15) is 4.79 Å². The first-order chi connectivity index (χ1) is 9.54. The second-order valence-electron chi connectivity index (χ2n) is 4.82. The minimum Gasteiger partial charge on any atom is -0.496 e. The highest BCUT2D eigenvalue weighted by molar-refractivity contribution is 5.96. The average molecular weight is 270 g/mol. The van der Waals surface area contributed by atoms with Crippen LogP contribution in [0.25, 0.3) is 0 Å². The van der Waals surface area contributed by atoms with Crippen LogP contribution in [0.4, 0.5) is 0 Å². The molecular formula is C16H18N2O2. The van der Waals surface area contributed by atoms with Gasteiger partial charge >= 0.3 is 0 Å². The van der Waals surface area contributed by atoms with Crippen LogP contribution in [0.1, 0.15) is 32.9 Å². The van der Waals surface area contributed by atoms with Gasteiger partial charge in [-0.2, -0.15) is 0 Å². The lowest BCUT2D eigenvalue weighted by Gasteiger charge is -2.12. The van der Waals surface area contributed by atoms with E-state index >= 15 is 0 Å². The number of carbonyl (C=O) groups is 1. The molecule has 2 aromatic rings. The smallest absolute Gasteiger partial charge is 0.187 e. The number of nitrogens with zero attached hydrogens (tertiary/aromatic N) is 2. The number of carbonyl (C=O) groups excluding carboxylic acids is 1. The zero-order valence-corrected chi connectivity index (χ0v) is 12.2. The van der Waals surface area contributed by atoms with Crippen molar-refractivity contribution in [3.63, 3.8) is 0 Å². The molecule has 0 N–H and O–H groups in total. The Balaban J connectivity index is 2.32. The summed E-state index contributed by atoms with van der Waals surface area (Å²) in [6.45, 7) is 5.75. The van der Waals surface area contributed by atoms with Gasteiger partial charge in [0.15, 0.2) is 5.78 Å². The van der Waals surface area contributed by atoms with E-state index in [1.54, 1.807) is 19.5 Å². The summed E-state index contributed by atoms with van der Waals surface area (Å²) < 4.78 is 5.36. The van der Waals surface area contributed by atoms with Gasteiger partial charge in [-0.25, -0.2) is 0 Å². The second-order valence-corrected chi connectivity index (χ2v) is 4.82. The maximum absolute atomic E-state index is 12.3. The largest absolute Gasteiger partial charge is 0.496 e. The molecule has 0 saturated heterocycles. The van der Waals surface area contributed by atoms with Gasteiger partial charge in [0.05, 0.1) is 19.2 Å². The second kappa shape index (κ2) is 5.82. The van der Waals surface area contributed by atoms with Crippen LogP contribution in [-0.2, 0) is 6.42 Å². The van der Waals surface area contributed by atoms with E-state index in [4.69, 9.17) is 4.74 Å². The summed E-state index contributed by atoms with van der Waals surface area (Å²) in [7, 11) is 1.63. The molecule has 2 rings (SSSR count). The predicted octanol–water partition coefficient (Wildman–Crippen LogP) is 2.84. The predicted molar refractivity (Wildman–Crippen MR) is 77.3 cm³/mol. The Morgan fingerprint density at radius 2 is 1.95 bits per heavy atom. The van der Waals surface area contributed by atoms with Gasteiger partial charge in [0.25, 0.3) is 0 Å². The van der Waals surface area contributed by atoms with E-state index in [0.29, 0.717) is 5.69 Å². The summed E-state index contributed by atoms with van der Waals surface area (Å²) in [5.41, 5.74) is 4.01. The fourth-order valence-corrected chi connectivity index (χ4v) is 2.26. The molecule has 104 valence electrons. The van der Waals surface area contributed by atoms with Crippen molar-refractivity contribution in [3.8, 4) is 5.75 Å². The first kappa shape index (κ1) is 14.2. The van der Waals surface area contributed by atoms with Gasteiger partial charge in [0.1, 0.15) is 11.4 Å². The van der Waals surface area contributed by atoms with Crippen LogP contribution in [0, 0.1) is 20.8 Å². The summed E-state index contributed by atoms with van der Waals surface area (Å²) >= 11 is 0. The molecular weight excluding hydrogens is 252 g/mol. The first-order valence-electron chi connectivity index (χ1n) is 6.48. The molecule has 0 aliphatic carbocycles. The summed E-state index contributed by atoms with van der Waals surface area (Å²) in [5.74, 6) is 0.769. The van der Waals surface area contributed by atoms with Crippen LogP contribution < -0.4 is 4.74 Å². The fraction of sp³-hybridized carbons (Fsp3) is 0.312. The molecule has 0 atom stereocenters. The van der Waals surface area contributed by atoms with Gasteiger partial charge in [-0.05, 0) is 32.4 Å². The van der Waals surface area contributed by atoms with E-state index in [1.807, 2.05) is 32.9 Å². The standard InChI is InChI=1S/C16H18N2O2/c1-10-6-5-7-17-15(10)14(19)8-13-12(3)16(20-4)11(2)9-18-13/h5-7,9H,8H2,1-4H3. The van der Waals surface area contributed by atoms with Gasteiger partial charge in [0.2, 0.25) is 0 Å². The quantitative estimate of drug-likeness (QED) is 0.802. The lowest BCUT2D eigenvalue weighted by Crippen LogP contribution is -2.11. The van der Waals surface area contributed by atoms with Crippen LogP contribution in [0.2, 0.25) is 0 Å². The number of pyridine rings is 2. The number of rotatable bonds is 4. The SMILES string of the molecule is COc1c(C)cnc(CC(=O)c2ncccc2C)c1C. The van der Waals surface area contributed by atoms with Gasteiger partial charge in [-0.15, -0.1) is 0 Å². The van der Waals surface area contributed by atoms with Gasteiger partial charge in [0, 0.05) is 23.5 Å². The molecule has 20 heavy (non-hydrogen) atoms. The van der Waals surface area contributed by atoms with E-state index in [0.717, 1.165) is 28.1 Å². The fourth-order valence-electron chi connectivity index (χ4n) is 2.26. The number of hydrogen-bond donors (Lipinski definition) is 0. The van der Waals surface area contributed by atoms with Crippen molar-refractivity contribution in [1.29, 1.82) is 0 Å². The Morgan fingerprint density at radius 1 is 1.20 bits per heavy atom.